The largest absolute Gasteiger partial charge is 0.355 e. The highest BCUT2D eigenvalue weighted by Gasteiger charge is 2.21. The van der Waals surface area contributed by atoms with Gasteiger partial charge in [0, 0.05) is 31.4 Å². The molecule has 0 radical (unpaired) electrons. The average Bonchev–Trinajstić information content (AvgIpc) is 3.03. The zero-order chi connectivity index (χ0) is 14.9. The van der Waals surface area contributed by atoms with Crippen molar-refractivity contribution >= 4 is 11.8 Å². The molecule has 0 bridgehead atoms. The maximum absolute atomic E-state index is 11.9. The Hall–Kier alpha value is -1.85. The highest BCUT2D eigenvalue weighted by Crippen LogP contribution is 2.23. The standard InChI is InChI=1S/C15H24N4O2/c20-14(16-8-4-10-19-11-5-9-18-19)12-17-15(21)13-6-2-1-3-7-13/h5,9,11,13H,1-4,6-8,10,12H2,(H,16,20)(H,17,21). The summed E-state index contributed by atoms with van der Waals surface area (Å²) in [5.74, 6) is 0.00683. The van der Waals surface area contributed by atoms with Gasteiger partial charge in [0.05, 0.1) is 6.54 Å². The van der Waals surface area contributed by atoms with E-state index in [0.29, 0.717) is 6.54 Å². The van der Waals surface area contributed by atoms with Crippen LogP contribution in [0.15, 0.2) is 18.5 Å². The number of hydrogen-bond acceptors (Lipinski definition) is 3. The summed E-state index contributed by atoms with van der Waals surface area (Å²) in [7, 11) is 0. The van der Waals surface area contributed by atoms with Gasteiger partial charge in [-0.2, -0.15) is 5.10 Å². The minimum absolute atomic E-state index is 0.0291. The lowest BCUT2D eigenvalue weighted by atomic mass is 9.89. The normalized spacial score (nSPS) is 15.6. The van der Waals surface area contributed by atoms with Gasteiger partial charge in [-0.15, -0.1) is 0 Å². The fourth-order valence-electron chi connectivity index (χ4n) is 2.64. The summed E-state index contributed by atoms with van der Waals surface area (Å²) in [6.45, 7) is 1.46. The fourth-order valence-corrected chi connectivity index (χ4v) is 2.64. The molecule has 21 heavy (non-hydrogen) atoms. The van der Waals surface area contributed by atoms with Crippen molar-refractivity contribution in [2.45, 2.75) is 45.1 Å². The van der Waals surface area contributed by atoms with Gasteiger partial charge in [0.1, 0.15) is 0 Å². The number of aromatic nitrogens is 2. The monoisotopic (exact) mass is 292 g/mol. The second-order valence-corrected chi connectivity index (χ2v) is 5.53. The maximum Gasteiger partial charge on any atom is 0.239 e. The van der Waals surface area contributed by atoms with Gasteiger partial charge in [-0.1, -0.05) is 19.3 Å². The molecule has 116 valence electrons. The van der Waals surface area contributed by atoms with Crippen LogP contribution >= 0.6 is 0 Å². The third kappa shape index (κ3) is 5.57. The van der Waals surface area contributed by atoms with Gasteiger partial charge in [0.2, 0.25) is 11.8 Å². The Morgan fingerprint density at radius 1 is 1.19 bits per heavy atom. The van der Waals surface area contributed by atoms with Crippen LogP contribution in [0.25, 0.3) is 0 Å². The smallest absolute Gasteiger partial charge is 0.239 e. The van der Waals surface area contributed by atoms with Crippen molar-refractivity contribution in [3.05, 3.63) is 18.5 Å². The first-order valence-corrected chi connectivity index (χ1v) is 7.77. The van der Waals surface area contributed by atoms with E-state index in [2.05, 4.69) is 15.7 Å². The Labute approximate surface area is 125 Å². The summed E-state index contributed by atoms with van der Waals surface area (Å²) >= 11 is 0. The molecule has 1 heterocycles. The molecule has 1 fully saturated rings. The lowest BCUT2D eigenvalue weighted by molar-refractivity contribution is -0.129. The number of nitrogens with one attached hydrogen (secondary N) is 2. The number of nitrogens with zero attached hydrogens (tertiary/aromatic N) is 2. The number of hydrogen-bond donors (Lipinski definition) is 2. The first-order valence-electron chi connectivity index (χ1n) is 7.77. The predicted molar refractivity (Wildman–Crippen MR) is 79.4 cm³/mol. The number of carbonyl (C=O) groups excluding carboxylic acids is 2. The highest BCUT2D eigenvalue weighted by molar-refractivity contribution is 5.85. The van der Waals surface area contributed by atoms with Crippen molar-refractivity contribution in [2.75, 3.05) is 13.1 Å². The molecule has 0 atom stereocenters. The molecule has 6 heteroatoms. The van der Waals surface area contributed by atoms with Gasteiger partial charge in [-0.3, -0.25) is 14.3 Å². The molecule has 1 aliphatic carbocycles. The summed E-state index contributed by atoms with van der Waals surface area (Å²) in [5.41, 5.74) is 0. The van der Waals surface area contributed by atoms with Crippen LogP contribution in [0.3, 0.4) is 0 Å². The molecular formula is C15H24N4O2. The zero-order valence-electron chi connectivity index (χ0n) is 12.4. The van der Waals surface area contributed by atoms with E-state index in [1.165, 1.54) is 6.42 Å². The Morgan fingerprint density at radius 3 is 2.71 bits per heavy atom. The van der Waals surface area contributed by atoms with Gasteiger partial charge in [0.15, 0.2) is 0 Å². The molecule has 1 aromatic heterocycles. The van der Waals surface area contributed by atoms with E-state index in [4.69, 9.17) is 0 Å². The van der Waals surface area contributed by atoms with Crippen LogP contribution in [0.5, 0.6) is 0 Å². The lowest BCUT2D eigenvalue weighted by Crippen LogP contribution is -2.40. The summed E-state index contributed by atoms with van der Waals surface area (Å²) in [4.78, 5) is 23.5. The highest BCUT2D eigenvalue weighted by atomic mass is 16.2. The summed E-state index contributed by atoms with van der Waals surface area (Å²) in [6.07, 6.45) is 9.83. The van der Waals surface area contributed by atoms with Crippen LogP contribution in [0.1, 0.15) is 38.5 Å². The number of rotatable bonds is 7. The molecule has 2 N–H and O–H groups in total. The SMILES string of the molecule is O=C(CNC(=O)C1CCCCC1)NCCCn1cccn1. The van der Waals surface area contributed by atoms with Crippen LogP contribution in [-0.4, -0.2) is 34.7 Å². The molecule has 0 aromatic carbocycles. The van der Waals surface area contributed by atoms with E-state index in [9.17, 15) is 9.59 Å². The van der Waals surface area contributed by atoms with E-state index in [1.54, 1.807) is 6.20 Å². The molecule has 1 aliphatic rings. The molecule has 2 amide bonds. The van der Waals surface area contributed by atoms with Crippen molar-refractivity contribution in [3.63, 3.8) is 0 Å². The van der Waals surface area contributed by atoms with Crippen LogP contribution in [-0.2, 0) is 16.1 Å². The molecule has 0 saturated heterocycles. The van der Waals surface area contributed by atoms with E-state index in [-0.39, 0.29) is 24.3 Å². The summed E-state index contributed by atoms with van der Waals surface area (Å²) < 4.78 is 1.83. The third-order valence-electron chi connectivity index (χ3n) is 3.84. The molecular weight excluding hydrogens is 268 g/mol. The van der Waals surface area contributed by atoms with Gasteiger partial charge in [0.25, 0.3) is 0 Å². The van der Waals surface area contributed by atoms with E-state index >= 15 is 0 Å². The quantitative estimate of drug-likeness (QED) is 0.739. The first-order chi connectivity index (χ1) is 10.3. The fraction of sp³-hybridized carbons (Fsp3) is 0.667. The van der Waals surface area contributed by atoms with E-state index < -0.39 is 0 Å². The molecule has 0 spiro atoms. The van der Waals surface area contributed by atoms with Crippen LogP contribution in [0, 0.1) is 5.92 Å². The Morgan fingerprint density at radius 2 is 2.00 bits per heavy atom. The molecule has 6 nitrogen and oxygen atoms in total. The third-order valence-corrected chi connectivity index (χ3v) is 3.84. The van der Waals surface area contributed by atoms with E-state index in [0.717, 1.165) is 38.6 Å². The Kier molecular flexibility index (Phi) is 6.24. The maximum atomic E-state index is 11.9. The Balaban J connectivity index is 1.53. The number of carbonyl (C=O) groups is 2. The topological polar surface area (TPSA) is 76.0 Å². The van der Waals surface area contributed by atoms with Gasteiger partial charge < -0.3 is 10.6 Å². The average molecular weight is 292 g/mol. The van der Waals surface area contributed by atoms with Gasteiger partial charge in [-0.05, 0) is 25.3 Å². The first kappa shape index (κ1) is 15.5. The molecule has 0 unspecified atom stereocenters. The number of aryl methyl sites for hydroxylation is 1. The van der Waals surface area contributed by atoms with Crippen LogP contribution < -0.4 is 10.6 Å². The minimum Gasteiger partial charge on any atom is -0.355 e. The predicted octanol–water partition coefficient (Wildman–Crippen LogP) is 1.09. The zero-order valence-corrected chi connectivity index (χ0v) is 12.4. The van der Waals surface area contributed by atoms with Gasteiger partial charge in [-0.25, -0.2) is 0 Å². The molecule has 1 aromatic rings. The summed E-state index contributed by atoms with van der Waals surface area (Å²) in [6, 6.07) is 1.87. The van der Waals surface area contributed by atoms with Crippen molar-refractivity contribution in [1.82, 2.24) is 20.4 Å². The van der Waals surface area contributed by atoms with Crippen LogP contribution in [0.2, 0.25) is 0 Å². The molecule has 2 rings (SSSR count). The van der Waals surface area contributed by atoms with Crippen molar-refractivity contribution in [1.29, 1.82) is 0 Å². The van der Waals surface area contributed by atoms with Gasteiger partial charge >= 0.3 is 0 Å². The lowest BCUT2D eigenvalue weighted by Gasteiger charge is -2.20. The number of amides is 2. The molecule has 1 saturated carbocycles. The van der Waals surface area contributed by atoms with Crippen molar-refractivity contribution < 1.29 is 9.59 Å². The second kappa shape index (κ2) is 8.44. The second-order valence-electron chi connectivity index (χ2n) is 5.53. The van der Waals surface area contributed by atoms with Crippen molar-refractivity contribution in [3.8, 4) is 0 Å². The van der Waals surface area contributed by atoms with Crippen LogP contribution in [0.4, 0.5) is 0 Å². The van der Waals surface area contributed by atoms with E-state index in [1.807, 2.05) is 16.9 Å². The minimum atomic E-state index is -0.125. The summed E-state index contributed by atoms with van der Waals surface area (Å²) in [5, 5.41) is 9.64. The van der Waals surface area contributed by atoms with Crippen molar-refractivity contribution in [2.24, 2.45) is 5.92 Å². The Bertz CT molecular complexity index is 439. The molecule has 0 aliphatic heterocycles.